The van der Waals surface area contributed by atoms with Crippen LogP contribution in [0.3, 0.4) is 0 Å². The van der Waals surface area contributed by atoms with Gasteiger partial charge in [0.25, 0.3) is 0 Å². The molecule has 4 aromatic carbocycles. The number of hydrogen-bond acceptors (Lipinski definition) is 1. The van der Waals surface area contributed by atoms with Crippen LogP contribution in [0.1, 0.15) is 11.1 Å². The van der Waals surface area contributed by atoms with Crippen molar-refractivity contribution < 1.29 is 12.4 Å². The Morgan fingerprint density at radius 2 is 0.967 bits per heavy atom. The first kappa shape index (κ1) is 25.9. The van der Waals surface area contributed by atoms with E-state index in [1.807, 2.05) is 0 Å². The summed E-state index contributed by atoms with van der Waals surface area (Å²) in [4.78, 5) is 0. The van der Waals surface area contributed by atoms with Crippen molar-refractivity contribution in [1.82, 2.24) is 6.15 Å². The molecular formula is C26H28Cl2NP. The molecule has 3 N–H and O–H groups in total. The molecule has 0 fully saturated rings. The average Bonchev–Trinajstić information content (AvgIpc) is 2.75. The van der Waals surface area contributed by atoms with Crippen LogP contribution in [0.2, 0.25) is 0 Å². The van der Waals surface area contributed by atoms with Crippen LogP contribution in [0.5, 0.6) is 0 Å². The number of halogens is 2. The highest BCUT2D eigenvalue weighted by atomic mass is 35.5. The van der Waals surface area contributed by atoms with Crippen LogP contribution in [0.15, 0.2) is 115 Å². The summed E-state index contributed by atoms with van der Waals surface area (Å²) in [7, 11) is -1.81. The SMILES string of the molecule is Cc1ccccc1[P+](Cc1ccccc1)(c1ccccc1)c1ccccc1.Cl.N.[Cl-]. The van der Waals surface area contributed by atoms with Crippen molar-refractivity contribution >= 4 is 35.6 Å². The van der Waals surface area contributed by atoms with E-state index in [0.29, 0.717) is 0 Å². The molecule has 156 valence electrons. The normalized spacial score (nSPS) is 10.2. The lowest BCUT2D eigenvalue weighted by molar-refractivity contribution is -0.00000595. The van der Waals surface area contributed by atoms with Gasteiger partial charge in [0.05, 0.1) is 6.16 Å². The van der Waals surface area contributed by atoms with E-state index in [4.69, 9.17) is 0 Å². The molecule has 4 heteroatoms. The first-order valence-electron chi connectivity index (χ1n) is 9.40. The van der Waals surface area contributed by atoms with Crippen molar-refractivity contribution in [2.45, 2.75) is 13.1 Å². The molecule has 0 aromatic heterocycles. The maximum Gasteiger partial charge on any atom is 0.116 e. The number of rotatable bonds is 5. The molecule has 0 aliphatic heterocycles. The Balaban J connectivity index is 0.00000150. The molecule has 0 atom stereocenters. The summed E-state index contributed by atoms with van der Waals surface area (Å²) in [5.74, 6) is 0. The van der Waals surface area contributed by atoms with Crippen LogP contribution >= 0.6 is 19.7 Å². The van der Waals surface area contributed by atoms with Crippen LogP contribution in [0, 0.1) is 6.92 Å². The zero-order chi connectivity index (χ0) is 18.5. The van der Waals surface area contributed by atoms with E-state index in [0.717, 1.165) is 6.16 Å². The fraction of sp³-hybridized carbons (Fsp3) is 0.0769. The fourth-order valence-electron chi connectivity index (χ4n) is 3.91. The van der Waals surface area contributed by atoms with Gasteiger partial charge in [-0.15, -0.1) is 12.4 Å². The van der Waals surface area contributed by atoms with E-state index in [1.165, 1.54) is 27.0 Å². The Morgan fingerprint density at radius 1 is 0.567 bits per heavy atom. The summed E-state index contributed by atoms with van der Waals surface area (Å²) in [5.41, 5.74) is 2.76. The minimum absolute atomic E-state index is 0. The smallest absolute Gasteiger partial charge is 0.116 e. The first-order valence-corrected chi connectivity index (χ1v) is 11.4. The maximum atomic E-state index is 2.34. The monoisotopic (exact) mass is 455 g/mol. The molecular weight excluding hydrogens is 428 g/mol. The van der Waals surface area contributed by atoms with E-state index in [2.05, 4.69) is 122 Å². The molecule has 4 aromatic rings. The van der Waals surface area contributed by atoms with Crippen LogP contribution in [0.25, 0.3) is 0 Å². The zero-order valence-corrected chi connectivity index (χ0v) is 19.6. The third kappa shape index (κ3) is 5.12. The summed E-state index contributed by atoms with van der Waals surface area (Å²) in [5, 5.41) is 4.36. The molecule has 0 heterocycles. The summed E-state index contributed by atoms with van der Waals surface area (Å²) in [6, 6.07) is 42.0. The van der Waals surface area contributed by atoms with Crippen LogP contribution in [-0.4, -0.2) is 0 Å². The van der Waals surface area contributed by atoms with Gasteiger partial charge in [-0.1, -0.05) is 84.9 Å². The Labute approximate surface area is 193 Å². The topological polar surface area (TPSA) is 35.0 Å². The average molecular weight is 456 g/mol. The van der Waals surface area contributed by atoms with E-state index < -0.39 is 7.26 Å². The van der Waals surface area contributed by atoms with Crippen LogP contribution in [-0.2, 0) is 6.16 Å². The second-order valence-corrected chi connectivity index (χ2v) is 10.4. The first-order chi connectivity index (χ1) is 13.3. The minimum atomic E-state index is -1.81. The molecule has 0 unspecified atom stereocenters. The Morgan fingerprint density at radius 3 is 1.43 bits per heavy atom. The summed E-state index contributed by atoms with van der Waals surface area (Å²) in [6.45, 7) is 2.25. The molecule has 0 saturated carbocycles. The quantitative estimate of drug-likeness (QED) is 0.461. The second kappa shape index (κ2) is 11.9. The standard InChI is InChI=1S/C26H24P.2ClH.H3N/c1-22-13-11-12-20-26(22)27(24-16-7-3-8-17-24,25-18-9-4-10-19-25)21-23-14-5-2-6-15-23;;;/h2-20H,21H2,1H3;2*1H;1H3/q+1;;;/p-1. The van der Waals surface area contributed by atoms with Crippen molar-refractivity contribution in [1.29, 1.82) is 0 Å². The predicted molar refractivity (Wildman–Crippen MR) is 132 cm³/mol. The van der Waals surface area contributed by atoms with E-state index >= 15 is 0 Å². The molecule has 0 bridgehead atoms. The fourth-order valence-corrected chi connectivity index (χ4v) is 8.44. The van der Waals surface area contributed by atoms with Crippen LogP contribution < -0.4 is 34.5 Å². The van der Waals surface area contributed by atoms with E-state index in [9.17, 15) is 0 Å². The Kier molecular flexibility index (Phi) is 10.3. The second-order valence-electron chi connectivity index (χ2n) is 6.91. The van der Waals surface area contributed by atoms with E-state index in [-0.39, 0.29) is 31.0 Å². The van der Waals surface area contributed by atoms with Gasteiger partial charge in [-0.2, -0.15) is 0 Å². The van der Waals surface area contributed by atoms with Gasteiger partial charge in [0, 0.05) is 0 Å². The summed E-state index contributed by atoms with van der Waals surface area (Å²) < 4.78 is 0. The highest BCUT2D eigenvalue weighted by Gasteiger charge is 2.46. The largest absolute Gasteiger partial charge is 1.00 e. The highest BCUT2D eigenvalue weighted by Crippen LogP contribution is 2.58. The highest BCUT2D eigenvalue weighted by molar-refractivity contribution is 7.95. The van der Waals surface area contributed by atoms with Gasteiger partial charge in [-0.25, -0.2) is 0 Å². The van der Waals surface area contributed by atoms with Gasteiger partial charge >= 0.3 is 0 Å². The van der Waals surface area contributed by atoms with Gasteiger partial charge in [0.2, 0.25) is 0 Å². The number of aryl methyl sites for hydroxylation is 1. The number of benzene rings is 4. The predicted octanol–water partition coefficient (Wildman–Crippen LogP) is 3.08. The molecule has 0 saturated heterocycles. The molecule has 0 radical (unpaired) electrons. The van der Waals surface area contributed by atoms with Gasteiger partial charge in [-0.3, -0.25) is 0 Å². The van der Waals surface area contributed by atoms with Crippen LogP contribution in [0.4, 0.5) is 0 Å². The minimum Gasteiger partial charge on any atom is -1.00 e. The molecule has 0 amide bonds. The molecule has 1 nitrogen and oxygen atoms in total. The van der Waals surface area contributed by atoms with Crippen molar-refractivity contribution in [3.63, 3.8) is 0 Å². The van der Waals surface area contributed by atoms with Gasteiger partial charge in [-0.05, 0) is 48.4 Å². The lowest BCUT2D eigenvalue weighted by Gasteiger charge is -2.29. The Hall–Kier alpha value is -2.15. The lowest BCUT2D eigenvalue weighted by Crippen LogP contribution is -3.00. The van der Waals surface area contributed by atoms with Gasteiger partial charge in [0.1, 0.15) is 23.2 Å². The summed E-state index contributed by atoms with van der Waals surface area (Å²) >= 11 is 0. The van der Waals surface area contributed by atoms with Crippen molar-refractivity contribution in [3.8, 4) is 0 Å². The molecule has 4 rings (SSSR count). The molecule has 0 aliphatic carbocycles. The van der Waals surface area contributed by atoms with Gasteiger partial charge < -0.3 is 18.6 Å². The van der Waals surface area contributed by atoms with Gasteiger partial charge in [0.15, 0.2) is 0 Å². The zero-order valence-electron chi connectivity index (χ0n) is 17.1. The third-order valence-corrected chi connectivity index (χ3v) is 9.71. The molecule has 0 spiro atoms. The molecule has 0 aliphatic rings. The molecule has 30 heavy (non-hydrogen) atoms. The maximum absolute atomic E-state index is 2.34. The Bertz CT molecular complexity index is 969. The third-order valence-electron chi connectivity index (χ3n) is 5.18. The summed E-state index contributed by atoms with van der Waals surface area (Å²) in [6.07, 6.45) is 1.03. The number of hydrogen-bond donors (Lipinski definition) is 1. The van der Waals surface area contributed by atoms with E-state index in [1.54, 1.807) is 0 Å². The lowest BCUT2D eigenvalue weighted by atomic mass is 10.2. The van der Waals surface area contributed by atoms with Crippen molar-refractivity contribution in [3.05, 3.63) is 126 Å². The van der Waals surface area contributed by atoms with Crippen molar-refractivity contribution in [2.75, 3.05) is 0 Å². The van der Waals surface area contributed by atoms with Crippen molar-refractivity contribution in [2.24, 2.45) is 0 Å².